The van der Waals surface area contributed by atoms with E-state index in [4.69, 9.17) is 0 Å². The number of urea groups is 1. The van der Waals surface area contributed by atoms with Crippen molar-refractivity contribution in [3.8, 4) is 0 Å². The van der Waals surface area contributed by atoms with Gasteiger partial charge in [-0.25, -0.2) is 4.79 Å². The number of nitrogens with zero attached hydrogens (tertiary/aromatic N) is 1. The second-order valence-electron chi connectivity index (χ2n) is 4.93. The van der Waals surface area contributed by atoms with Gasteiger partial charge in [0.25, 0.3) is 0 Å². The van der Waals surface area contributed by atoms with Crippen LogP contribution in [0, 0.1) is 0 Å². The minimum absolute atomic E-state index is 0.274. The van der Waals surface area contributed by atoms with Gasteiger partial charge in [-0.05, 0) is 42.0 Å². The summed E-state index contributed by atoms with van der Waals surface area (Å²) in [6, 6.07) is 15.2. The number of benzene rings is 2. The molecule has 5 heteroatoms. The minimum atomic E-state index is -0.274. The zero-order valence-electron chi connectivity index (χ0n) is 12.5. The Labute approximate surface area is 139 Å². The van der Waals surface area contributed by atoms with E-state index in [0.717, 1.165) is 21.4 Å². The Bertz CT molecular complexity index is 666. The fourth-order valence-electron chi connectivity index (χ4n) is 1.82. The highest BCUT2D eigenvalue weighted by Gasteiger charge is 2.01. The van der Waals surface area contributed by atoms with Gasteiger partial charge in [0.2, 0.25) is 0 Å². The Morgan fingerprint density at radius 1 is 1.14 bits per heavy atom. The van der Waals surface area contributed by atoms with Crippen molar-refractivity contribution in [2.24, 2.45) is 0 Å². The molecule has 2 aromatic carbocycles. The topological polar surface area (TPSA) is 44.4 Å². The Hall–Kier alpha value is -2.27. The lowest BCUT2D eigenvalue weighted by molar-refractivity contribution is 0.255. The summed E-state index contributed by atoms with van der Waals surface area (Å²) < 4.78 is 1.02. The number of hydrogen-bond donors (Lipinski definition) is 2. The predicted octanol–water partition coefficient (Wildman–Crippen LogP) is 4.31. The molecule has 2 N–H and O–H groups in total. The minimum Gasteiger partial charge on any atom is -0.378 e. The van der Waals surface area contributed by atoms with Gasteiger partial charge in [-0.1, -0.05) is 34.1 Å². The van der Waals surface area contributed by atoms with Crippen molar-refractivity contribution in [3.63, 3.8) is 0 Å². The van der Waals surface area contributed by atoms with E-state index in [0.29, 0.717) is 0 Å². The average Bonchev–Trinajstić information content (AvgIpc) is 2.49. The van der Waals surface area contributed by atoms with Crippen LogP contribution >= 0.6 is 15.9 Å². The zero-order chi connectivity index (χ0) is 15.9. The number of rotatable bonds is 4. The standard InChI is InChI=1S/C17H18BrN3O/c1-21(2)16-5-3-4-15(12-16)20-17(22)19-11-10-13-6-8-14(18)9-7-13/h3-12H,1-2H3,(H2,19,20,22)/b11-10+. The molecule has 0 spiro atoms. The van der Waals surface area contributed by atoms with Crippen LogP contribution in [0.1, 0.15) is 5.56 Å². The second-order valence-corrected chi connectivity index (χ2v) is 5.84. The first-order chi connectivity index (χ1) is 10.5. The summed E-state index contributed by atoms with van der Waals surface area (Å²) in [6.45, 7) is 0. The van der Waals surface area contributed by atoms with E-state index in [1.807, 2.05) is 73.6 Å². The predicted molar refractivity (Wildman–Crippen MR) is 96.1 cm³/mol. The maximum absolute atomic E-state index is 11.8. The van der Waals surface area contributed by atoms with E-state index < -0.39 is 0 Å². The van der Waals surface area contributed by atoms with Gasteiger partial charge in [-0.3, -0.25) is 0 Å². The molecular formula is C17H18BrN3O. The van der Waals surface area contributed by atoms with Gasteiger partial charge < -0.3 is 15.5 Å². The third-order valence-corrected chi connectivity index (χ3v) is 3.51. The van der Waals surface area contributed by atoms with Crippen molar-refractivity contribution in [2.75, 3.05) is 24.3 Å². The SMILES string of the molecule is CN(C)c1cccc(NC(=O)N/C=C/c2ccc(Br)cc2)c1. The van der Waals surface area contributed by atoms with E-state index in [9.17, 15) is 4.79 Å². The van der Waals surface area contributed by atoms with Crippen LogP contribution in [0.2, 0.25) is 0 Å². The summed E-state index contributed by atoms with van der Waals surface area (Å²) in [5, 5.41) is 5.48. The molecule has 0 aromatic heterocycles. The van der Waals surface area contributed by atoms with Crippen LogP contribution in [0.4, 0.5) is 16.2 Å². The van der Waals surface area contributed by atoms with E-state index in [1.54, 1.807) is 6.20 Å². The summed E-state index contributed by atoms with van der Waals surface area (Å²) in [5.74, 6) is 0. The molecule has 0 saturated carbocycles. The van der Waals surface area contributed by atoms with Gasteiger partial charge >= 0.3 is 6.03 Å². The molecule has 0 atom stereocenters. The van der Waals surface area contributed by atoms with Crippen molar-refractivity contribution in [1.82, 2.24) is 5.32 Å². The van der Waals surface area contributed by atoms with Gasteiger partial charge in [-0.15, -0.1) is 0 Å². The van der Waals surface area contributed by atoms with Crippen LogP contribution < -0.4 is 15.5 Å². The molecule has 0 heterocycles. The van der Waals surface area contributed by atoms with Gasteiger partial charge in [0, 0.05) is 36.1 Å². The molecule has 2 amide bonds. The summed E-state index contributed by atoms with van der Waals surface area (Å²) >= 11 is 3.38. The molecule has 0 fully saturated rings. The first-order valence-electron chi connectivity index (χ1n) is 6.81. The Balaban J connectivity index is 1.90. The highest BCUT2D eigenvalue weighted by molar-refractivity contribution is 9.10. The Morgan fingerprint density at radius 3 is 2.55 bits per heavy atom. The van der Waals surface area contributed by atoms with Gasteiger partial charge in [0.1, 0.15) is 0 Å². The normalized spacial score (nSPS) is 10.5. The lowest BCUT2D eigenvalue weighted by Gasteiger charge is -2.13. The molecule has 0 bridgehead atoms. The van der Waals surface area contributed by atoms with Crippen LogP contribution in [-0.2, 0) is 0 Å². The number of hydrogen-bond acceptors (Lipinski definition) is 2. The van der Waals surface area contributed by atoms with Crippen LogP contribution in [-0.4, -0.2) is 20.1 Å². The zero-order valence-corrected chi connectivity index (χ0v) is 14.1. The van der Waals surface area contributed by atoms with E-state index in [-0.39, 0.29) is 6.03 Å². The first kappa shape index (κ1) is 16.1. The van der Waals surface area contributed by atoms with E-state index in [2.05, 4.69) is 26.6 Å². The maximum Gasteiger partial charge on any atom is 0.323 e. The summed E-state index contributed by atoms with van der Waals surface area (Å²) in [5.41, 5.74) is 2.79. The fraction of sp³-hybridized carbons (Fsp3) is 0.118. The summed E-state index contributed by atoms with van der Waals surface area (Å²) in [7, 11) is 3.92. The van der Waals surface area contributed by atoms with Gasteiger partial charge in [-0.2, -0.15) is 0 Å². The van der Waals surface area contributed by atoms with Crippen molar-refractivity contribution < 1.29 is 4.79 Å². The molecular weight excluding hydrogens is 342 g/mol. The van der Waals surface area contributed by atoms with Crippen LogP contribution in [0.3, 0.4) is 0 Å². The molecule has 0 aliphatic heterocycles. The number of amides is 2. The van der Waals surface area contributed by atoms with Crippen LogP contribution in [0.5, 0.6) is 0 Å². The molecule has 0 aliphatic rings. The molecule has 0 unspecified atom stereocenters. The number of nitrogens with one attached hydrogen (secondary N) is 2. The number of halogens is 1. The number of carbonyl (C=O) groups is 1. The van der Waals surface area contributed by atoms with E-state index in [1.165, 1.54) is 0 Å². The van der Waals surface area contributed by atoms with Crippen molar-refractivity contribution in [1.29, 1.82) is 0 Å². The monoisotopic (exact) mass is 359 g/mol. The fourth-order valence-corrected chi connectivity index (χ4v) is 2.08. The molecule has 2 rings (SSSR count). The number of carbonyl (C=O) groups excluding carboxylic acids is 1. The van der Waals surface area contributed by atoms with Crippen LogP contribution in [0.15, 0.2) is 59.2 Å². The molecule has 0 saturated heterocycles. The first-order valence-corrected chi connectivity index (χ1v) is 7.61. The van der Waals surface area contributed by atoms with Crippen molar-refractivity contribution in [2.45, 2.75) is 0 Å². The molecule has 114 valence electrons. The summed E-state index contributed by atoms with van der Waals surface area (Å²) in [4.78, 5) is 13.8. The largest absolute Gasteiger partial charge is 0.378 e. The molecule has 0 aliphatic carbocycles. The Kier molecular flexibility index (Phi) is 5.61. The van der Waals surface area contributed by atoms with Gasteiger partial charge in [0.05, 0.1) is 0 Å². The molecule has 0 radical (unpaired) electrons. The van der Waals surface area contributed by atoms with Gasteiger partial charge in [0.15, 0.2) is 0 Å². The maximum atomic E-state index is 11.8. The lowest BCUT2D eigenvalue weighted by Crippen LogP contribution is -2.23. The molecule has 22 heavy (non-hydrogen) atoms. The van der Waals surface area contributed by atoms with Crippen LogP contribution in [0.25, 0.3) is 6.08 Å². The number of anilines is 2. The molecule has 4 nitrogen and oxygen atoms in total. The smallest absolute Gasteiger partial charge is 0.323 e. The van der Waals surface area contributed by atoms with Crippen molar-refractivity contribution in [3.05, 3.63) is 64.8 Å². The third kappa shape index (κ3) is 4.93. The second kappa shape index (κ2) is 7.66. The highest BCUT2D eigenvalue weighted by Crippen LogP contribution is 2.17. The van der Waals surface area contributed by atoms with E-state index >= 15 is 0 Å². The quantitative estimate of drug-likeness (QED) is 0.854. The highest BCUT2D eigenvalue weighted by atomic mass is 79.9. The Morgan fingerprint density at radius 2 is 1.86 bits per heavy atom. The molecule has 2 aromatic rings. The third-order valence-electron chi connectivity index (χ3n) is 2.98. The lowest BCUT2D eigenvalue weighted by atomic mass is 10.2. The summed E-state index contributed by atoms with van der Waals surface area (Å²) in [6.07, 6.45) is 3.45. The average molecular weight is 360 g/mol. The van der Waals surface area contributed by atoms with Crippen molar-refractivity contribution >= 4 is 39.4 Å².